The van der Waals surface area contributed by atoms with Crippen LogP contribution in [0.1, 0.15) is 17.3 Å². The standard InChI is InChI=1S/C16H19N3O4/c20-16(13-11-21-8-9-22-13)17-7-6-15-18-14(19-23-15)10-12-4-2-1-3-5-12/h1-5,13H,6-11H2,(H,17,20). The van der Waals surface area contributed by atoms with Crippen LogP contribution >= 0.6 is 0 Å². The van der Waals surface area contributed by atoms with Gasteiger partial charge in [-0.1, -0.05) is 35.5 Å². The Balaban J connectivity index is 1.43. The van der Waals surface area contributed by atoms with E-state index in [4.69, 9.17) is 14.0 Å². The van der Waals surface area contributed by atoms with Crippen LogP contribution in [0, 0.1) is 0 Å². The van der Waals surface area contributed by atoms with Gasteiger partial charge >= 0.3 is 0 Å². The Bertz CT molecular complexity index is 623. The number of nitrogens with one attached hydrogen (secondary N) is 1. The van der Waals surface area contributed by atoms with Gasteiger partial charge in [0.1, 0.15) is 0 Å². The summed E-state index contributed by atoms with van der Waals surface area (Å²) in [5.74, 6) is 0.979. The minimum atomic E-state index is -0.528. The summed E-state index contributed by atoms with van der Waals surface area (Å²) in [6.45, 7) is 1.71. The molecule has 7 heteroatoms. The zero-order chi connectivity index (χ0) is 15.9. The summed E-state index contributed by atoms with van der Waals surface area (Å²) in [7, 11) is 0. The zero-order valence-electron chi connectivity index (χ0n) is 12.7. The molecule has 1 aliphatic heterocycles. The first-order chi connectivity index (χ1) is 11.3. The molecule has 1 aromatic heterocycles. The number of aromatic nitrogens is 2. The van der Waals surface area contributed by atoms with Crippen LogP contribution in [-0.2, 0) is 27.1 Å². The van der Waals surface area contributed by atoms with E-state index >= 15 is 0 Å². The van der Waals surface area contributed by atoms with Gasteiger partial charge in [-0.15, -0.1) is 0 Å². The molecule has 1 N–H and O–H groups in total. The van der Waals surface area contributed by atoms with Crippen LogP contribution in [0.25, 0.3) is 0 Å². The number of hydrogen-bond acceptors (Lipinski definition) is 6. The van der Waals surface area contributed by atoms with Crippen LogP contribution in [0.2, 0.25) is 0 Å². The predicted octanol–water partition coefficient (Wildman–Crippen LogP) is 0.734. The Morgan fingerprint density at radius 2 is 2.13 bits per heavy atom. The summed E-state index contributed by atoms with van der Waals surface area (Å²) in [5, 5.41) is 6.74. The van der Waals surface area contributed by atoms with Crippen molar-refractivity contribution in [1.82, 2.24) is 15.5 Å². The van der Waals surface area contributed by atoms with Crippen LogP contribution in [0.15, 0.2) is 34.9 Å². The second kappa shape index (κ2) is 7.85. The first-order valence-corrected chi connectivity index (χ1v) is 7.64. The normalized spacial score (nSPS) is 17.8. The molecule has 0 saturated carbocycles. The lowest BCUT2D eigenvalue weighted by Crippen LogP contribution is -2.43. The van der Waals surface area contributed by atoms with E-state index in [1.807, 2.05) is 30.3 Å². The van der Waals surface area contributed by atoms with E-state index in [0.29, 0.717) is 50.9 Å². The van der Waals surface area contributed by atoms with Crippen molar-refractivity contribution in [2.75, 3.05) is 26.4 Å². The Morgan fingerprint density at radius 1 is 1.26 bits per heavy atom. The number of hydrogen-bond donors (Lipinski definition) is 1. The molecule has 0 aliphatic carbocycles. The van der Waals surface area contributed by atoms with Crippen LogP contribution in [0.3, 0.4) is 0 Å². The predicted molar refractivity (Wildman–Crippen MR) is 80.8 cm³/mol. The van der Waals surface area contributed by atoms with Crippen molar-refractivity contribution >= 4 is 5.91 Å². The molecule has 122 valence electrons. The van der Waals surface area contributed by atoms with Gasteiger partial charge in [-0.2, -0.15) is 4.98 Å². The van der Waals surface area contributed by atoms with Crippen molar-refractivity contribution in [3.05, 3.63) is 47.6 Å². The van der Waals surface area contributed by atoms with Gasteiger partial charge in [0.25, 0.3) is 5.91 Å². The third-order valence-corrected chi connectivity index (χ3v) is 3.46. The monoisotopic (exact) mass is 317 g/mol. The number of nitrogens with zero attached hydrogens (tertiary/aromatic N) is 2. The van der Waals surface area contributed by atoms with Crippen molar-refractivity contribution < 1.29 is 18.8 Å². The molecule has 1 aliphatic rings. The fraction of sp³-hybridized carbons (Fsp3) is 0.438. The van der Waals surface area contributed by atoms with Crippen molar-refractivity contribution in [2.24, 2.45) is 0 Å². The topological polar surface area (TPSA) is 86.5 Å². The summed E-state index contributed by atoms with van der Waals surface area (Å²) in [4.78, 5) is 16.2. The van der Waals surface area contributed by atoms with E-state index in [9.17, 15) is 4.79 Å². The highest BCUT2D eigenvalue weighted by molar-refractivity contribution is 5.80. The highest BCUT2D eigenvalue weighted by Crippen LogP contribution is 2.07. The minimum absolute atomic E-state index is 0.172. The molecular formula is C16H19N3O4. The average molecular weight is 317 g/mol. The van der Waals surface area contributed by atoms with E-state index in [0.717, 1.165) is 5.56 Å². The molecule has 23 heavy (non-hydrogen) atoms. The number of benzene rings is 1. The van der Waals surface area contributed by atoms with Crippen LogP contribution in [-0.4, -0.2) is 48.5 Å². The van der Waals surface area contributed by atoms with Crippen molar-refractivity contribution in [2.45, 2.75) is 18.9 Å². The summed E-state index contributed by atoms with van der Waals surface area (Å²) in [5.41, 5.74) is 1.13. The number of carbonyl (C=O) groups is 1. The molecule has 0 radical (unpaired) electrons. The quantitative estimate of drug-likeness (QED) is 0.845. The van der Waals surface area contributed by atoms with Gasteiger partial charge in [0, 0.05) is 19.4 Å². The molecule has 1 saturated heterocycles. The van der Waals surface area contributed by atoms with Crippen molar-refractivity contribution in [1.29, 1.82) is 0 Å². The highest BCUT2D eigenvalue weighted by atomic mass is 16.6. The lowest BCUT2D eigenvalue weighted by atomic mass is 10.1. The largest absolute Gasteiger partial charge is 0.376 e. The Labute approximate surface area is 134 Å². The van der Waals surface area contributed by atoms with E-state index in [2.05, 4.69) is 15.5 Å². The molecule has 1 unspecified atom stereocenters. The number of rotatable bonds is 6. The van der Waals surface area contributed by atoms with Crippen LogP contribution < -0.4 is 5.32 Å². The molecule has 0 spiro atoms. The molecular weight excluding hydrogens is 298 g/mol. The molecule has 2 aromatic rings. The number of ether oxygens (including phenoxy) is 2. The summed E-state index contributed by atoms with van der Waals surface area (Å²) >= 11 is 0. The molecule has 1 fully saturated rings. The fourth-order valence-corrected chi connectivity index (χ4v) is 2.29. The van der Waals surface area contributed by atoms with Gasteiger partial charge in [-0.25, -0.2) is 0 Å². The Kier molecular flexibility index (Phi) is 5.33. The van der Waals surface area contributed by atoms with Gasteiger partial charge in [0.15, 0.2) is 11.9 Å². The summed E-state index contributed by atoms with van der Waals surface area (Å²) in [6, 6.07) is 9.95. The molecule has 0 bridgehead atoms. The van der Waals surface area contributed by atoms with E-state index in [1.54, 1.807) is 0 Å². The number of amides is 1. The third-order valence-electron chi connectivity index (χ3n) is 3.46. The minimum Gasteiger partial charge on any atom is -0.376 e. The van der Waals surface area contributed by atoms with Gasteiger partial charge in [-0.3, -0.25) is 4.79 Å². The molecule has 1 atom stereocenters. The van der Waals surface area contributed by atoms with Crippen LogP contribution in [0.5, 0.6) is 0 Å². The summed E-state index contributed by atoms with van der Waals surface area (Å²) < 4.78 is 15.7. The van der Waals surface area contributed by atoms with Gasteiger partial charge < -0.3 is 19.3 Å². The lowest BCUT2D eigenvalue weighted by Gasteiger charge is -2.21. The maximum atomic E-state index is 11.9. The Morgan fingerprint density at radius 3 is 2.91 bits per heavy atom. The van der Waals surface area contributed by atoms with Crippen molar-refractivity contribution in [3.8, 4) is 0 Å². The number of carbonyl (C=O) groups excluding carboxylic acids is 1. The maximum absolute atomic E-state index is 11.9. The first kappa shape index (κ1) is 15.6. The molecule has 1 aromatic carbocycles. The maximum Gasteiger partial charge on any atom is 0.251 e. The average Bonchev–Trinajstić information content (AvgIpc) is 3.04. The smallest absolute Gasteiger partial charge is 0.251 e. The summed E-state index contributed by atoms with van der Waals surface area (Å²) in [6.07, 6.45) is 0.588. The second-order valence-electron chi connectivity index (χ2n) is 5.24. The van der Waals surface area contributed by atoms with E-state index in [1.165, 1.54) is 0 Å². The van der Waals surface area contributed by atoms with Gasteiger partial charge in [0.05, 0.1) is 19.8 Å². The molecule has 2 heterocycles. The second-order valence-corrected chi connectivity index (χ2v) is 5.24. The highest BCUT2D eigenvalue weighted by Gasteiger charge is 2.22. The fourth-order valence-electron chi connectivity index (χ4n) is 2.29. The van der Waals surface area contributed by atoms with E-state index in [-0.39, 0.29) is 5.91 Å². The van der Waals surface area contributed by atoms with Gasteiger partial charge in [0.2, 0.25) is 5.89 Å². The van der Waals surface area contributed by atoms with Gasteiger partial charge in [-0.05, 0) is 5.56 Å². The van der Waals surface area contributed by atoms with E-state index < -0.39 is 6.10 Å². The SMILES string of the molecule is O=C(NCCc1nc(Cc2ccccc2)no1)C1COCCO1. The van der Waals surface area contributed by atoms with Crippen molar-refractivity contribution in [3.63, 3.8) is 0 Å². The third kappa shape index (κ3) is 4.61. The zero-order valence-corrected chi connectivity index (χ0v) is 12.7. The molecule has 7 nitrogen and oxygen atoms in total. The Hall–Kier alpha value is -2.25. The lowest BCUT2D eigenvalue weighted by molar-refractivity contribution is -0.147. The molecule has 1 amide bonds. The first-order valence-electron chi connectivity index (χ1n) is 7.64. The van der Waals surface area contributed by atoms with Crippen LogP contribution in [0.4, 0.5) is 0 Å². The molecule has 3 rings (SSSR count).